The number of rotatable bonds is 4. The van der Waals surface area contributed by atoms with Crippen LogP contribution in [0.5, 0.6) is 0 Å². The molecule has 0 aliphatic carbocycles. The molecule has 0 aliphatic rings. The molecule has 0 saturated heterocycles. The Morgan fingerprint density at radius 2 is 2.13 bits per heavy atom. The Kier molecular flexibility index (Phi) is 4.51. The Labute approximate surface area is 94.1 Å². The van der Waals surface area contributed by atoms with Gasteiger partial charge >= 0.3 is 0 Å². The minimum absolute atomic E-state index is 0.0395. The zero-order chi connectivity index (χ0) is 11.4. The largest absolute Gasteiger partial charge is 0.392 e. The maximum atomic E-state index is 12.9. The van der Waals surface area contributed by atoms with Crippen molar-refractivity contribution >= 4 is 11.6 Å². The summed E-state index contributed by atoms with van der Waals surface area (Å²) < 4.78 is 12.9. The Balaban J connectivity index is 2.65. The van der Waals surface area contributed by atoms with Crippen molar-refractivity contribution < 1.29 is 9.50 Å². The number of hydrogen-bond donors (Lipinski definition) is 2. The lowest BCUT2D eigenvalue weighted by Crippen LogP contribution is -2.27. The molecule has 1 aromatic carbocycles. The molecule has 0 amide bonds. The molecule has 84 valence electrons. The monoisotopic (exact) mass is 231 g/mol. The molecule has 0 unspecified atom stereocenters. The number of benzene rings is 1. The minimum Gasteiger partial charge on any atom is -0.392 e. The van der Waals surface area contributed by atoms with Crippen LogP contribution in [0.3, 0.4) is 0 Å². The van der Waals surface area contributed by atoms with E-state index in [0.717, 1.165) is 5.56 Å². The molecule has 1 aromatic rings. The molecule has 2 nitrogen and oxygen atoms in total. The van der Waals surface area contributed by atoms with Crippen LogP contribution in [0.2, 0.25) is 5.02 Å². The van der Waals surface area contributed by atoms with E-state index >= 15 is 0 Å². The van der Waals surface area contributed by atoms with E-state index < -0.39 is 11.9 Å². The summed E-state index contributed by atoms with van der Waals surface area (Å²) in [7, 11) is 0. The summed E-state index contributed by atoms with van der Waals surface area (Å²) in [6.07, 6.45) is -0.400. The van der Waals surface area contributed by atoms with Crippen LogP contribution in [0, 0.1) is 5.82 Å². The molecule has 0 bridgehead atoms. The summed E-state index contributed by atoms with van der Waals surface area (Å²) in [5.41, 5.74) is 0.905. The zero-order valence-electron chi connectivity index (χ0n) is 8.80. The highest BCUT2D eigenvalue weighted by molar-refractivity contribution is 6.30. The van der Waals surface area contributed by atoms with Gasteiger partial charge in [0.2, 0.25) is 0 Å². The van der Waals surface area contributed by atoms with Crippen molar-refractivity contribution in [2.24, 2.45) is 0 Å². The molecule has 0 aromatic heterocycles. The third-order valence-corrected chi connectivity index (χ3v) is 2.45. The zero-order valence-corrected chi connectivity index (χ0v) is 9.55. The molecule has 2 N–H and O–H groups in total. The normalized spacial score (nSPS) is 15.0. The molecule has 0 radical (unpaired) electrons. The van der Waals surface area contributed by atoms with Gasteiger partial charge in [-0.3, -0.25) is 0 Å². The van der Waals surface area contributed by atoms with Gasteiger partial charge in [0, 0.05) is 12.6 Å². The Morgan fingerprint density at radius 1 is 1.47 bits per heavy atom. The van der Waals surface area contributed by atoms with Gasteiger partial charge < -0.3 is 10.4 Å². The summed E-state index contributed by atoms with van der Waals surface area (Å²) >= 11 is 5.67. The topological polar surface area (TPSA) is 32.3 Å². The van der Waals surface area contributed by atoms with Crippen LogP contribution in [-0.4, -0.2) is 17.8 Å². The lowest BCUT2D eigenvalue weighted by Gasteiger charge is -2.15. The quantitative estimate of drug-likeness (QED) is 0.835. The smallest absolute Gasteiger partial charge is 0.141 e. The number of nitrogens with one attached hydrogen (secondary N) is 1. The number of halogens is 2. The Hall–Kier alpha value is -0.640. The van der Waals surface area contributed by atoms with E-state index in [1.807, 2.05) is 6.92 Å². The van der Waals surface area contributed by atoms with Crippen LogP contribution in [0.25, 0.3) is 0 Å². The Bertz CT molecular complexity index is 330. The molecule has 0 fully saturated rings. The molecule has 1 rings (SSSR count). The van der Waals surface area contributed by atoms with Crippen LogP contribution >= 0.6 is 11.6 Å². The summed E-state index contributed by atoms with van der Waals surface area (Å²) in [6, 6.07) is 4.66. The third kappa shape index (κ3) is 3.78. The summed E-state index contributed by atoms with van der Waals surface area (Å²) in [6.45, 7) is 4.14. The van der Waals surface area contributed by atoms with Crippen molar-refractivity contribution in [1.29, 1.82) is 0 Å². The number of aliphatic hydroxyl groups is 1. The molecular formula is C11H15ClFNO. The van der Waals surface area contributed by atoms with Crippen molar-refractivity contribution in [3.05, 3.63) is 34.6 Å². The van der Waals surface area contributed by atoms with Crippen molar-refractivity contribution in [2.75, 3.05) is 6.54 Å². The van der Waals surface area contributed by atoms with E-state index in [1.54, 1.807) is 19.1 Å². The van der Waals surface area contributed by atoms with E-state index in [2.05, 4.69) is 5.32 Å². The van der Waals surface area contributed by atoms with Crippen molar-refractivity contribution in [2.45, 2.75) is 26.0 Å². The fourth-order valence-corrected chi connectivity index (χ4v) is 1.44. The molecule has 0 spiro atoms. The highest BCUT2D eigenvalue weighted by atomic mass is 35.5. The van der Waals surface area contributed by atoms with Gasteiger partial charge in [-0.15, -0.1) is 0 Å². The maximum Gasteiger partial charge on any atom is 0.141 e. The van der Waals surface area contributed by atoms with Crippen LogP contribution in [0.4, 0.5) is 4.39 Å². The number of aliphatic hydroxyl groups excluding tert-OH is 1. The fraction of sp³-hybridized carbons (Fsp3) is 0.455. The second-order valence-electron chi connectivity index (χ2n) is 3.65. The van der Waals surface area contributed by atoms with E-state index in [-0.39, 0.29) is 11.1 Å². The first-order valence-corrected chi connectivity index (χ1v) is 5.25. The highest BCUT2D eigenvalue weighted by Crippen LogP contribution is 2.20. The Morgan fingerprint density at radius 3 is 2.67 bits per heavy atom. The highest BCUT2D eigenvalue weighted by Gasteiger charge is 2.08. The lowest BCUT2D eigenvalue weighted by molar-refractivity contribution is 0.187. The average Bonchev–Trinajstić information content (AvgIpc) is 2.18. The van der Waals surface area contributed by atoms with Crippen LogP contribution in [-0.2, 0) is 0 Å². The van der Waals surface area contributed by atoms with E-state index in [0.29, 0.717) is 6.54 Å². The van der Waals surface area contributed by atoms with Crippen LogP contribution in [0.15, 0.2) is 18.2 Å². The van der Waals surface area contributed by atoms with Crippen LogP contribution < -0.4 is 5.32 Å². The molecule has 2 atom stereocenters. The fourth-order valence-electron chi connectivity index (χ4n) is 1.25. The van der Waals surface area contributed by atoms with Crippen LogP contribution in [0.1, 0.15) is 25.5 Å². The molecule has 15 heavy (non-hydrogen) atoms. The van der Waals surface area contributed by atoms with Crippen molar-refractivity contribution in [3.63, 3.8) is 0 Å². The first-order chi connectivity index (χ1) is 7.00. The van der Waals surface area contributed by atoms with Gasteiger partial charge in [-0.05, 0) is 31.5 Å². The third-order valence-electron chi connectivity index (χ3n) is 2.16. The molecule has 0 saturated carbocycles. The van der Waals surface area contributed by atoms with Gasteiger partial charge in [0.25, 0.3) is 0 Å². The van der Waals surface area contributed by atoms with Gasteiger partial charge in [0.1, 0.15) is 5.82 Å². The molecule has 4 heteroatoms. The minimum atomic E-state index is -0.414. The maximum absolute atomic E-state index is 12.9. The first kappa shape index (κ1) is 12.4. The van der Waals surface area contributed by atoms with E-state index in [9.17, 15) is 4.39 Å². The second kappa shape index (κ2) is 5.45. The van der Waals surface area contributed by atoms with Gasteiger partial charge in [-0.1, -0.05) is 17.7 Å². The average molecular weight is 232 g/mol. The van der Waals surface area contributed by atoms with Gasteiger partial charge in [0.15, 0.2) is 0 Å². The number of hydrogen-bond acceptors (Lipinski definition) is 2. The second-order valence-corrected chi connectivity index (χ2v) is 4.06. The molecule has 0 aliphatic heterocycles. The van der Waals surface area contributed by atoms with E-state index in [4.69, 9.17) is 16.7 Å². The molecule has 0 heterocycles. The van der Waals surface area contributed by atoms with E-state index in [1.165, 1.54) is 6.07 Å². The predicted molar refractivity (Wildman–Crippen MR) is 59.5 cm³/mol. The SMILES string of the molecule is C[C@H](NC[C@@H](C)O)c1ccc(F)c(Cl)c1. The lowest BCUT2D eigenvalue weighted by atomic mass is 10.1. The predicted octanol–water partition coefficient (Wildman–Crippen LogP) is 2.51. The van der Waals surface area contributed by atoms with Crippen molar-refractivity contribution in [3.8, 4) is 0 Å². The summed E-state index contributed by atoms with van der Waals surface area (Å²) in [5, 5.41) is 12.3. The standard InChI is InChI=1S/C11H15ClFNO/c1-7(15)6-14-8(2)9-3-4-11(13)10(12)5-9/h3-5,7-8,14-15H,6H2,1-2H3/t7-,8+/m1/s1. The first-order valence-electron chi connectivity index (χ1n) is 4.87. The summed E-state index contributed by atoms with van der Waals surface area (Å²) in [5.74, 6) is -0.414. The van der Waals surface area contributed by atoms with Gasteiger partial charge in [0.05, 0.1) is 11.1 Å². The molecular weight excluding hydrogens is 217 g/mol. The van der Waals surface area contributed by atoms with Crippen molar-refractivity contribution in [1.82, 2.24) is 5.32 Å². The van der Waals surface area contributed by atoms with Gasteiger partial charge in [-0.2, -0.15) is 0 Å². The summed E-state index contributed by atoms with van der Waals surface area (Å²) in [4.78, 5) is 0. The van der Waals surface area contributed by atoms with Gasteiger partial charge in [-0.25, -0.2) is 4.39 Å².